The molecule has 0 atom stereocenters. The molecule has 0 unspecified atom stereocenters. The molecule has 0 saturated heterocycles. The Morgan fingerprint density at radius 3 is 2.25 bits per heavy atom. The zero-order valence-corrected chi connectivity index (χ0v) is 15.2. The lowest BCUT2D eigenvalue weighted by Crippen LogP contribution is -1.98. The van der Waals surface area contributed by atoms with E-state index < -0.39 is 0 Å². The summed E-state index contributed by atoms with van der Waals surface area (Å²) in [6, 6.07) is 8.14. The molecule has 0 fully saturated rings. The molecular formula is C14H10Br3FO2. The highest BCUT2D eigenvalue weighted by Gasteiger charge is 2.09. The Labute approximate surface area is 141 Å². The summed E-state index contributed by atoms with van der Waals surface area (Å²) in [7, 11) is 1.60. The first kappa shape index (κ1) is 15.8. The summed E-state index contributed by atoms with van der Waals surface area (Å²) in [5.74, 6) is 1.11. The smallest absolute Gasteiger partial charge is 0.135 e. The average Bonchev–Trinajstić information content (AvgIpc) is 2.41. The molecule has 0 spiro atoms. The minimum atomic E-state index is -0.283. The highest BCUT2D eigenvalue weighted by molar-refractivity contribution is 9.11. The van der Waals surface area contributed by atoms with Crippen LogP contribution < -0.4 is 9.47 Å². The van der Waals surface area contributed by atoms with Crippen LogP contribution in [0.15, 0.2) is 43.7 Å². The lowest BCUT2D eigenvalue weighted by molar-refractivity contribution is 0.302. The normalized spacial score (nSPS) is 10.4. The Kier molecular flexibility index (Phi) is 5.46. The van der Waals surface area contributed by atoms with Crippen LogP contribution in [0.2, 0.25) is 0 Å². The van der Waals surface area contributed by atoms with Crippen LogP contribution >= 0.6 is 47.8 Å². The van der Waals surface area contributed by atoms with Crippen LogP contribution in [0.5, 0.6) is 11.5 Å². The first-order valence-electron chi connectivity index (χ1n) is 5.61. The van der Waals surface area contributed by atoms with E-state index in [2.05, 4.69) is 47.8 Å². The van der Waals surface area contributed by atoms with Crippen molar-refractivity contribution >= 4 is 47.8 Å². The van der Waals surface area contributed by atoms with E-state index in [1.54, 1.807) is 13.2 Å². The number of rotatable bonds is 4. The molecule has 2 rings (SSSR count). The maximum absolute atomic E-state index is 13.0. The van der Waals surface area contributed by atoms with E-state index in [1.807, 2.05) is 12.1 Å². The molecule has 0 aliphatic rings. The van der Waals surface area contributed by atoms with E-state index in [9.17, 15) is 4.39 Å². The predicted molar refractivity (Wildman–Crippen MR) is 86.8 cm³/mol. The van der Waals surface area contributed by atoms with E-state index in [0.29, 0.717) is 22.6 Å². The first-order chi connectivity index (χ1) is 9.51. The van der Waals surface area contributed by atoms with Crippen molar-refractivity contribution in [3.8, 4) is 11.5 Å². The predicted octanol–water partition coefficient (Wildman–Crippen LogP) is 5.70. The Morgan fingerprint density at radius 2 is 1.60 bits per heavy atom. The third kappa shape index (κ3) is 3.74. The number of hydrogen-bond acceptors (Lipinski definition) is 2. The van der Waals surface area contributed by atoms with Crippen LogP contribution in [-0.2, 0) is 6.61 Å². The van der Waals surface area contributed by atoms with Crippen molar-refractivity contribution < 1.29 is 13.9 Å². The summed E-state index contributed by atoms with van der Waals surface area (Å²) >= 11 is 10.2. The lowest BCUT2D eigenvalue weighted by atomic mass is 10.2. The molecule has 0 N–H and O–H groups in total. The molecule has 20 heavy (non-hydrogen) atoms. The lowest BCUT2D eigenvalue weighted by Gasteiger charge is -2.12. The van der Waals surface area contributed by atoms with Gasteiger partial charge < -0.3 is 9.47 Å². The van der Waals surface area contributed by atoms with Crippen molar-refractivity contribution in [2.45, 2.75) is 6.61 Å². The summed E-state index contributed by atoms with van der Waals surface area (Å²) in [5.41, 5.74) is 0.866. The summed E-state index contributed by atoms with van der Waals surface area (Å²) in [6.07, 6.45) is 0. The van der Waals surface area contributed by atoms with Crippen molar-refractivity contribution in [3.63, 3.8) is 0 Å². The molecule has 0 heterocycles. The average molecular weight is 469 g/mol. The van der Waals surface area contributed by atoms with E-state index in [0.717, 1.165) is 14.5 Å². The number of methoxy groups -OCH3 is 1. The number of ether oxygens (including phenoxy) is 2. The molecule has 0 radical (unpaired) electrons. The second kappa shape index (κ2) is 6.91. The highest BCUT2D eigenvalue weighted by Crippen LogP contribution is 2.36. The third-order valence-electron chi connectivity index (χ3n) is 2.60. The Morgan fingerprint density at radius 1 is 0.950 bits per heavy atom. The summed E-state index contributed by atoms with van der Waals surface area (Å²) < 4.78 is 26.2. The van der Waals surface area contributed by atoms with Gasteiger partial charge in [0.2, 0.25) is 0 Å². The fraction of sp³-hybridized carbons (Fsp3) is 0.143. The molecule has 2 aromatic carbocycles. The van der Waals surface area contributed by atoms with Crippen molar-refractivity contribution in [3.05, 3.63) is 55.1 Å². The molecule has 2 aromatic rings. The zero-order valence-electron chi connectivity index (χ0n) is 10.4. The fourth-order valence-electron chi connectivity index (χ4n) is 1.57. The molecule has 0 saturated carbocycles. The van der Waals surface area contributed by atoms with Gasteiger partial charge in [-0.05, 0) is 56.1 Å². The second-order valence-electron chi connectivity index (χ2n) is 3.94. The summed E-state index contributed by atoms with van der Waals surface area (Å²) in [5, 5.41) is 0. The van der Waals surface area contributed by atoms with Gasteiger partial charge in [0.05, 0.1) is 16.1 Å². The van der Waals surface area contributed by atoms with Gasteiger partial charge in [0.25, 0.3) is 0 Å². The molecule has 0 bridgehead atoms. The van der Waals surface area contributed by atoms with Gasteiger partial charge in [0.15, 0.2) is 0 Å². The van der Waals surface area contributed by atoms with E-state index >= 15 is 0 Å². The van der Waals surface area contributed by atoms with Gasteiger partial charge in [-0.25, -0.2) is 4.39 Å². The number of benzene rings is 2. The molecule has 2 nitrogen and oxygen atoms in total. The molecule has 6 heteroatoms. The van der Waals surface area contributed by atoms with Gasteiger partial charge >= 0.3 is 0 Å². The topological polar surface area (TPSA) is 18.5 Å². The van der Waals surface area contributed by atoms with Gasteiger partial charge in [-0.2, -0.15) is 0 Å². The molecule has 0 aliphatic heterocycles. The van der Waals surface area contributed by atoms with Crippen LogP contribution in [-0.4, -0.2) is 7.11 Å². The second-order valence-corrected chi connectivity index (χ2v) is 6.50. The molecule has 106 valence electrons. The SMILES string of the molecule is COc1cc(Br)c(OCc2ccc(F)cc2Br)cc1Br. The highest BCUT2D eigenvalue weighted by atomic mass is 79.9. The molecule has 0 aliphatic carbocycles. The van der Waals surface area contributed by atoms with Crippen molar-refractivity contribution in [2.24, 2.45) is 0 Å². The molecule has 0 aromatic heterocycles. The van der Waals surface area contributed by atoms with Crippen molar-refractivity contribution in [1.29, 1.82) is 0 Å². The van der Waals surface area contributed by atoms with Gasteiger partial charge in [-0.1, -0.05) is 22.0 Å². The fourth-order valence-corrected chi connectivity index (χ4v) is 2.96. The maximum Gasteiger partial charge on any atom is 0.135 e. The molecular weight excluding hydrogens is 459 g/mol. The monoisotopic (exact) mass is 466 g/mol. The van der Waals surface area contributed by atoms with Crippen LogP contribution in [0.25, 0.3) is 0 Å². The minimum Gasteiger partial charge on any atom is -0.496 e. The van der Waals surface area contributed by atoms with E-state index in [4.69, 9.17) is 9.47 Å². The maximum atomic E-state index is 13.0. The van der Waals surface area contributed by atoms with Crippen LogP contribution in [0, 0.1) is 5.82 Å². The Balaban J connectivity index is 2.16. The number of halogens is 4. The standard InChI is InChI=1S/C14H10Br3FO2/c1-19-13-5-12(17)14(6-11(13)16)20-7-8-2-3-9(18)4-10(8)15/h2-6H,7H2,1H3. The van der Waals surface area contributed by atoms with Gasteiger partial charge in [0, 0.05) is 10.0 Å². The summed E-state index contributed by atoms with van der Waals surface area (Å²) in [6.45, 7) is 0.332. The number of hydrogen-bond donors (Lipinski definition) is 0. The largest absolute Gasteiger partial charge is 0.496 e. The van der Waals surface area contributed by atoms with Gasteiger partial charge in [0.1, 0.15) is 23.9 Å². The third-order valence-corrected chi connectivity index (χ3v) is 4.58. The minimum absolute atomic E-state index is 0.283. The summed E-state index contributed by atoms with van der Waals surface area (Å²) in [4.78, 5) is 0. The van der Waals surface area contributed by atoms with Gasteiger partial charge in [-0.15, -0.1) is 0 Å². The first-order valence-corrected chi connectivity index (χ1v) is 7.99. The Bertz CT molecular complexity index is 632. The van der Waals surface area contributed by atoms with Crippen molar-refractivity contribution in [2.75, 3.05) is 7.11 Å². The zero-order chi connectivity index (χ0) is 14.7. The van der Waals surface area contributed by atoms with E-state index in [1.165, 1.54) is 12.1 Å². The van der Waals surface area contributed by atoms with Crippen LogP contribution in [0.3, 0.4) is 0 Å². The van der Waals surface area contributed by atoms with Gasteiger partial charge in [-0.3, -0.25) is 0 Å². The quantitative estimate of drug-likeness (QED) is 0.573. The van der Waals surface area contributed by atoms with Crippen LogP contribution in [0.1, 0.15) is 5.56 Å². The van der Waals surface area contributed by atoms with E-state index in [-0.39, 0.29) is 5.82 Å². The van der Waals surface area contributed by atoms with Crippen LogP contribution in [0.4, 0.5) is 4.39 Å². The van der Waals surface area contributed by atoms with Crippen molar-refractivity contribution in [1.82, 2.24) is 0 Å². The Hall–Kier alpha value is -0.590. The molecule has 0 amide bonds.